The van der Waals surface area contributed by atoms with Crippen LogP contribution in [0.25, 0.3) is 0 Å². The van der Waals surface area contributed by atoms with E-state index in [4.69, 9.17) is 9.15 Å². The molecule has 0 aromatic carbocycles. The van der Waals surface area contributed by atoms with Gasteiger partial charge in [-0.05, 0) is 50.6 Å². The van der Waals surface area contributed by atoms with Gasteiger partial charge in [0.2, 0.25) is 0 Å². The minimum absolute atomic E-state index is 0.0410. The van der Waals surface area contributed by atoms with Crippen molar-refractivity contribution in [2.45, 2.75) is 44.4 Å². The second-order valence-corrected chi connectivity index (χ2v) is 6.99. The highest BCUT2D eigenvalue weighted by atomic mass is 16.5. The van der Waals surface area contributed by atoms with Crippen LogP contribution in [0.1, 0.15) is 30.7 Å². The van der Waals surface area contributed by atoms with Gasteiger partial charge in [0.1, 0.15) is 11.6 Å². The fourth-order valence-corrected chi connectivity index (χ4v) is 3.85. The van der Waals surface area contributed by atoms with Crippen molar-refractivity contribution in [3.63, 3.8) is 0 Å². The van der Waals surface area contributed by atoms with E-state index >= 15 is 0 Å². The molecule has 2 aromatic heterocycles. The number of likely N-dealkylation sites (tertiary alicyclic amines) is 1. The molecule has 0 bridgehead atoms. The van der Waals surface area contributed by atoms with Gasteiger partial charge in [-0.1, -0.05) is 0 Å². The van der Waals surface area contributed by atoms with Crippen LogP contribution in [0, 0.1) is 6.92 Å². The Kier molecular flexibility index (Phi) is 4.24. The van der Waals surface area contributed by atoms with E-state index < -0.39 is 0 Å². The Labute approximate surface area is 142 Å². The van der Waals surface area contributed by atoms with Gasteiger partial charge >= 0.3 is 0 Å². The number of anilines is 1. The van der Waals surface area contributed by atoms with E-state index in [-0.39, 0.29) is 5.60 Å². The van der Waals surface area contributed by atoms with Crippen molar-refractivity contribution in [2.24, 2.45) is 0 Å². The minimum atomic E-state index is -0.0410. The van der Waals surface area contributed by atoms with Crippen LogP contribution in [0.15, 0.2) is 34.9 Å². The average molecular weight is 328 g/mol. The molecule has 2 aromatic rings. The van der Waals surface area contributed by atoms with Gasteiger partial charge in [-0.3, -0.25) is 4.90 Å². The van der Waals surface area contributed by atoms with E-state index in [0.29, 0.717) is 6.04 Å². The van der Waals surface area contributed by atoms with Gasteiger partial charge in [0, 0.05) is 13.0 Å². The molecule has 6 nitrogen and oxygen atoms in total. The van der Waals surface area contributed by atoms with Crippen LogP contribution in [-0.2, 0) is 11.3 Å². The molecule has 0 aliphatic carbocycles. The van der Waals surface area contributed by atoms with Crippen molar-refractivity contribution in [3.05, 3.63) is 42.0 Å². The molecule has 128 valence electrons. The molecule has 4 heterocycles. The van der Waals surface area contributed by atoms with E-state index in [1.807, 2.05) is 31.2 Å². The van der Waals surface area contributed by atoms with Crippen LogP contribution in [0.3, 0.4) is 0 Å². The predicted molar refractivity (Wildman–Crippen MR) is 90.7 cm³/mol. The first-order valence-corrected chi connectivity index (χ1v) is 8.66. The van der Waals surface area contributed by atoms with Gasteiger partial charge in [0.05, 0.1) is 36.8 Å². The average Bonchev–Trinajstić information content (AvgIpc) is 3.21. The molecule has 0 saturated carbocycles. The minimum Gasteiger partial charge on any atom is -0.468 e. The lowest BCUT2D eigenvalue weighted by atomic mass is 9.88. The summed E-state index contributed by atoms with van der Waals surface area (Å²) in [5, 5.41) is 11.8. The number of ether oxygens (including phenoxy) is 1. The van der Waals surface area contributed by atoms with Crippen LogP contribution in [0.5, 0.6) is 0 Å². The number of nitrogens with zero attached hydrogens (tertiary/aromatic N) is 3. The molecule has 2 aliphatic heterocycles. The Bertz CT molecular complexity index is 658. The molecule has 4 rings (SSSR count). The number of furan rings is 1. The van der Waals surface area contributed by atoms with Crippen molar-refractivity contribution >= 4 is 5.82 Å². The Hall–Kier alpha value is -1.92. The number of aryl methyl sites for hydroxylation is 1. The first-order valence-electron chi connectivity index (χ1n) is 8.66. The van der Waals surface area contributed by atoms with Crippen LogP contribution < -0.4 is 5.32 Å². The summed E-state index contributed by atoms with van der Waals surface area (Å²) >= 11 is 0. The zero-order valence-electron chi connectivity index (χ0n) is 14.1. The van der Waals surface area contributed by atoms with Crippen LogP contribution in [-0.4, -0.2) is 46.4 Å². The zero-order chi connectivity index (χ0) is 16.4. The van der Waals surface area contributed by atoms with Gasteiger partial charge in [-0.2, -0.15) is 5.10 Å². The Morgan fingerprint density at radius 2 is 2.29 bits per heavy atom. The van der Waals surface area contributed by atoms with Crippen LogP contribution >= 0.6 is 0 Å². The standard InChI is InChI=1S/C18H24N4O2/c1-14-5-6-17(21-20-14)19-15-10-18(24-12-15)7-3-8-22(13-18)11-16-4-2-9-23-16/h2,4-6,9,15H,3,7-8,10-13H2,1H3,(H,19,21)/t15-,18+/m1/s1. The topological polar surface area (TPSA) is 63.4 Å². The van der Waals surface area contributed by atoms with E-state index in [0.717, 1.165) is 62.8 Å². The largest absolute Gasteiger partial charge is 0.468 e. The summed E-state index contributed by atoms with van der Waals surface area (Å²) in [6, 6.07) is 8.25. The number of hydrogen-bond acceptors (Lipinski definition) is 6. The molecule has 6 heteroatoms. The van der Waals surface area contributed by atoms with Crippen LogP contribution in [0.2, 0.25) is 0 Å². The lowest BCUT2D eigenvalue weighted by molar-refractivity contribution is -0.0544. The SMILES string of the molecule is Cc1ccc(N[C@H]2CO[C@@]3(CCCN(Cc4ccco4)C3)C2)nn1. The number of nitrogens with one attached hydrogen (secondary N) is 1. The van der Waals surface area contributed by atoms with E-state index in [9.17, 15) is 0 Å². The number of aromatic nitrogens is 2. The van der Waals surface area contributed by atoms with Crippen molar-refractivity contribution in [2.75, 3.05) is 25.0 Å². The summed E-state index contributed by atoms with van der Waals surface area (Å²) in [6.07, 6.45) is 5.04. The van der Waals surface area contributed by atoms with Gasteiger partial charge in [0.25, 0.3) is 0 Å². The van der Waals surface area contributed by atoms with Crippen molar-refractivity contribution in [1.29, 1.82) is 0 Å². The normalized spacial score (nSPS) is 27.6. The molecular formula is C18H24N4O2. The van der Waals surface area contributed by atoms with Gasteiger partial charge in [0.15, 0.2) is 0 Å². The second-order valence-electron chi connectivity index (χ2n) is 6.99. The molecule has 0 unspecified atom stereocenters. The number of piperidine rings is 1. The van der Waals surface area contributed by atoms with Crippen LogP contribution in [0.4, 0.5) is 5.82 Å². The number of rotatable bonds is 4. The third-order valence-electron chi connectivity index (χ3n) is 4.94. The van der Waals surface area contributed by atoms with Gasteiger partial charge < -0.3 is 14.5 Å². The zero-order valence-corrected chi connectivity index (χ0v) is 14.1. The fourth-order valence-electron chi connectivity index (χ4n) is 3.85. The molecule has 2 aliphatic rings. The maximum atomic E-state index is 6.26. The Morgan fingerprint density at radius 1 is 1.33 bits per heavy atom. The smallest absolute Gasteiger partial charge is 0.148 e. The Morgan fingerprint density at radius 3 is 3.08 bits per heavy atom. The summed E-state index contributed by atoms with van der Waals surface area (Å²) in [6.45, 7) is 5.60. The first-order chi connectivity index (χ1) is 11.7. The lowest BCUT2D eigenvalue weighted by Crippen LogP contribution is -2.47. The van der Waals surface area contributed by atoms with Crippen molar-refractivity contribution in [1.82, 2.24) is 15.1 Å². The lowest BCUT2D eigenvalue weighted by Gasteiger charge is -2.39. The third kappa shape index (κ3) is 3.44. The fraction of sp³-hybridized carbons (Fsp3) is 0.556. The molecule has 1 spiro atoms. The van der Waals surface area contributed by atoms with Gasteiger partial charge in [-0.15, -0.1) is 5.10 Å². The summed E-state index contributed by atoms with van der Waals surface area (Å²) < 4.78 is 11.7. The first kappa shape index (κ1) is 15.6. The highest BCUT2D eigenvalue weighted by Gasteiger charge is 2.43. The molecular weight excluding hydrogens is 304 g/mol. The molecule has 2 fully saturated rings. The highest BCUT2D eigenvalue weighted by Crippen LogP contribution is 2.36. The summed E-state index contributed by atoms with van der Waals surface area (Å²) in [5.74, 6) is 1.85. The highest BCUT2D eigenvalue weighted by molar-refractivity contribution is 5.34. The maximum absolute atomic E-state index is 6.26. The molecule has 24 heavy (non-hydrogen) atoms. The van der Waals surface area contributed by atoms with E-state index in [1.54, 1.807) is 6.26 Å². The molecule has 0 radical (unpaired) electrons. The summed E-state index contributed by atoms with van der Waals surface area (Å²) in [7, 11) is 0. The third-order valence-corrected chi connectivity index (χ3v) is 4.94. The molecule has 0 amide bonds. The number of hydrogen-bond donors (Lipinski definition) is 1. The van der Waals surface area contributed by atoms with Crippen molar-refractivity contribution < 1.29 is 9.15 Å². The van der Waals surface area contributed by atoms with Gasteiger partial charge in [-0.25, -0.2) is 0 Å². The maximum Gasteiger partial charge on any atom is 0.148 e. The predicted octanol–water partition coefficient (Wildman–Crippen LogP) is 2.61. The quantitative estimate of drug-likeness (QED) is 0.931. The Balaban J connectivity index is 1.36. The molecule has 2 saturated heterocycles. The summed E-state index contributed by atoms with van der Waals surface area (Å²) in [4.78, 5) is 2.44. The second kappa shape index (κ2) is 6.53. The van der Waals surface area contributed by atoms with E-state index in [2.05, 4.69) is 20.4 Å². The van der Waals surface area contributed by atoms with E-state index in [1.165, 1.54) is 0 Å². The van der Waals surface area contributed by atoms with Crippen molar-refractivity contribution in [3.8, 4) is 0 Å². The molecule has 2 atom stereocenters. The monoisotopic (exact) mass is 328 g/mol. The summed E-state index contributed by atoms with van der Waals surface area (Å²) in [5.41, 5.74) is 0.890. The molecule has 1 N–H and O–H groups in total.